The van der Waals surface area contributed by atoms with Crippen molar-refractivity contribution in [3.63, 3.8) is 0 Å². The van der Waals surface area contributed by atoms with E-state index in [1.165, 1.54) is 102 Å². The van der Waals surface area contributed by atoms with Crippen LogP contribution in [0.4, 0.5) is 0 Å². The van der Waals surface area contributed by atoms with Crippen LogP contribution in [0.3, 0.4) is 0 Å². The standard InChI is InChI=1S/C22H40N2/c1-3-4-5-6-7-8-9-10-11-12-17-24-18-16-23-22(24)21-15-13-14-20(2)19-21/h16,18,20-21H,3-15,17,19H2,1-2H3. The van der Waals surface area contributed by atoms with E-state index < -0.39 is 0 Å². The third kappa shape index (κ3) is 6.99. The Kier molecular flexibility index (Phi) is 9.53. The summed E-state index contributed by atoms with van der Waals surface area (Å²) in [7, 11) is 0. The van der Waals surface area contributed by atoms with Crippen molar-refractivity contribution in [3.05, 3.63) is 18.2 Å². The van der Waals surface area contributed by atoms with Gasteiger partial charge in [-0.3, -0.25) is 0 Å². The van der Waals surface area contributed by atoms with Crippen molar-refractivity contribution in [2.45, 2.75) is 116 Å². The Morgan fingerprint density at radius 2 is 1.62 bits per heavy atom. The Bertz CT molecular complexity index is 423. The van der Waals surface area contributed by atoms with E-state index in [2.05, 4.69) is 24.6 Å². The van der Waals surface area contributed by atoms with Crippen LogP contribution in [0.15, 0.2) is 12.4 Å². The molecule has 1 saturated carbocycles. The number of hydrogen-bond acceptors (Lipinski definition) is 1. The second kappa shape index (κ2) is 11.7. The van der Waals surface area contributed by atoms with Crippen LogP contribution in [0.25, 0.3) is 0 Å². The minimum absolute atomic E-state index is 0.715. The average Bonchev–Trinajstić information content (AvgIpc) is 3.05. The van der Waals surface area contributed by atoms with Crippen molar-refractivity contribution >= 4 is 0 Å². The Hall–Kier alpha value is -0.790. The van der Waals surface area contributed by atoms with Crippen LogP contribution in [0.5, 0.6) is 0 Å². The molecule has 0 bridgehead atoms. The lowest BCUT2D eigenvalue weighted by Gasteiger charge is -2.26. The van der Waals surface area contributed by atoms with Crippen LogP contribution in [0, 0.1) is 5.92 Å². The molecule has 2 unspecified atom stereocenters. The fourth-order valence-electron chi connectivity index (χ4n) is 4.31. The molecule has 1 aliphatic rings. The predicted molar refractivity (Wildman–Crippen MR) is 104 cm³/mol. The summed E-state index contributed by atoms with van der Waals surface area (Å²) in [4.78, 5) is 4.70. The van der Waals surface area contributed by atoms with E-state index in [0.717, 1.165) is 5.92 Å². The molecular formula is C22H40N2. The first-order valence-electron chi connectivity index (χ1n) is 10.8. The molecular weight excluding hydrogens is 292 g/mol. The van der Waals surface area contributed by atoms with Gasteiger partial charge in [-0.15, -0.1) is 0 Å². The molecule has 0 aromatic carbocycles. The van der Waals surface area contributed by atoms with Crippen LogP contribution in [-0.4, -0.2) is 9.55 Å². The van der Waals surface area contributed by atoms with Crippen molar-refractivity contribution in [1.82, 2.24) is 9.55 Å². The van der Waals surface area contributed by atoms with Crippen molar-refractivity contribution < 1.29 is 0 Å². The van der Waals surface area contributed by atoms with Crippen molar-refractivity contribution in [2.75, 3.05) is 0 Å². The molecule has 0 saturated heterocycles. The van der Waals surface area contributed by atoms with Gasteiger partial charge in [-0.2, -0.15) is 0 Å². The number of rotatable bonds is 12. The maximum atomic E-state index is 4.70. The molecule has 0 aliphatic heterocycles. The summed E-state index contributed by atoms with van der Waals surface area (Å²) in [5, 5.41) is 0. The third-order valence-electron chi connectivity index (χ3n) is 5.80. The van der Waals surface area contributed by atoms with Crippen LogP contribution in [0.2, 0.25) is 0 Å². The van der Waals surface area contributed by atoms with Gasteiger partial charge >= 0.3 is 0 Å². The molecule has 1 aromatic rings. The second-order valence-corrected chi connectivity index (χ2v) is 8.13. The molecule has 1 fully saturated rings. The van der Waals surface area contributed by atoms with E-state index in [1.54, 1.807) is 0 Å². The zero-order valence-electron chi connectivity index (χ0n) is 16.3. The Morgan fingerprint density at radius 3 is 2.29 bits per heavy atom. The van der Waals surface area contributed by atoms with Crippen molar-refractivity contribution in [3.8, 4) is 0 Å². The van der Waals surface area contributed by atoms with Gasteiger partial charge in [-0.25, -0.2) is 4.98 Å². The molecule has 2 atom stereocenters. The third-order valence-corrected chi connectivity index (χ3v) is 5.80. The van der Waals surface area contributed by atoms with Gasteiger partial charge in [0.2, 0.25) is 0 Å². The van der Waals surface area contributed by atoms with Crippen LogP contribution >= 0.6 is 0 Å². The topological polar surface area (TPSA) is 17.8 Å². The largest absolute Gasteiger partial charge is 0.335 e. The normalized spacial score (nSPS) is 21.2. The molecule has 0 N–H and O–H groups in total. The maximum Gasteiger partial charge on any atom is 0.111 e. The molecule has 24 heavy (non-hydrogen) atoms. The first kappa shape index (κ1) is 19.5. The van der Waals surface area contributed by atoms with Gasteiger partial charge in [0.05, 0.1) is 0 Å². The Labute approximate surface area is 150 Å². The average molecular weight is 333 g/mol. The molecule has 0 spiro atoms. The summed E-state index contributed by atoms with van der Waals surface area (Å²) in [6.07, 6.45) is 23.8. The molecule has 2 nitrogen and oxygen atoms in total. The number of aryl methyl sites for hydroxylation is 1. The summed E-state index contributed by atoms with van der Waals surface area (Å²) in [6.45, 7) is 5.87. The van der Waals surface area contributed by atoms with Crippen LogP contribution in [-0.2, 0) is 6.54 Å². The number of imidazole rings is 1. The number of nitrogens with zero attached hydrogens (tertiary/aromatic N) is 2. The van der Waals surface area contributed by atoms with Crippen molar-refractivity contribution in [1.29, 1.82) is 0 Å². The monoisotopic (exact) mass is 332 g/mol. The number of unbranched alkanes of at least 4 members (excludes halogenated alkanes) is 9. The minimum Gasteiger partial charge on any atom is -0.335 e. The van der Waals surface area contributed by atoms with Gasteiger partial charge < -0.3 is 4.57 Å². The van der Waals surface area contributed by atoms with Gasteiger partial charge in [0.15, 0.2) is 0 Å². The van der Waals surface area contributed by atoms with E-state index in [0.29, 0.717) is 5.92 Å². The highest BCUT2D eigenvalue weighted by molar-refractivity contribution is 5.02. The highest BCUT2D eigenvalue weighted by Crippen LogP contribution is 2.35. The van der Waals surface area contributed by atoms with E-state index in [1.807, 2.05) is 6.20 Å². The highest BCUT2D eigenvalue weighted by Gasteiger charge is 2.23. The maximum absolute atomic E-state index is 4.70. The molecule has 138 valence electrons. The smallest absolute Gasteiger partial charge is 0.111 e. The quantitative estimate of drug-likeness (QED) is 0.373. The van der Waals surface area contributed by atoms with E-state index in [9.17, 15) is 0 Å². The fourth-order valence-corrected chi connectivity index (χ4v) is 4.31. The lowest BCUT2D eigenvalue weighted by Crippen LogP contribution is -2.16. The van der Waals surface area contributed by atoms with Crippen molar-refractivity contribution in [2.24, 2.45) is 5.92 Å². The zero-order chi connectivity index (χ0) is 17.0. The predicted octanol–water partition coefficient (Wildman–Crippen LogP) is 7.10. The second-order valence-electron chi connectivity index (χ2n) is 8.13. The van der Waals surface area contributed by atoms with Crippen LogP contribution < -0.4 is 0 Å². The number of hydrogen-bond donors (Lipinski definition) is 0. The molecule has 1 aromatic heterocycles. The summed E-state index contributed by atoms with van der Waals surface area (Å²) < 4.78 is 2.45. The Morgan fingerprint density at radius 1 is 0.958 bits per heavy atom. The molecule has 2 heteroatoms. The summed E-state index contributed by atoms with van der Waals surface area (Å²) in [5.41, 5.74) is 0. The van der Waals surface area contributed by atoms with E-state index >= 15 is 0 Å². The lowest BCUT2D eigenvalue weighted by molar-refractivity contribution is 0.328. The van der Waals surface area contributed by atoms with Crippen LogP contribution in [0.1, 0.15) is 115 Å². The highest BCUT2D eigenvalue weighted by atomic mass is 15.1. The first-order chi connectivity index (χ1) is 11.8. The summed E-state index contributed by atoms with van der Waals surface area (Å²) in [6, 6.07) is 0. The van der Waals surface area contributed by atoms with Gasteiger partial charge in [0.1, 0.15) is 5.82 Å². The summed E-state index contributed by atoms with van der Waals surface area (Å²) >= 11 is 0. The van der Waals surface area contributed by atoms with Gasteiger partial charge in [-0.05, 0) is 25.2 Å². The van der Waals surface area contributed by atoms with Gasteiger partial charge in [0, 0.05) is 24.9 Å². The summed E-state index contributed by atoms with van der Waals surface area (Å²) in [5.74, 6) is 2.97. The Balaban J connectivity index is 1.56. The fraction of sp³-hybridized carbons (Fsp3) is 0.864. The molecule has 2 rings (SSSR count). The SMILES string of the molecule is CCCCCCCCCCCCn1ccnc1C1CCCC(C)C1. The molecule has 1 aliphatic carbocycles. The van der Waals surface area contributed by atoms with Gasteiger partial charge in [0.25, 0.3) is 0 Å². The molecule has 0 radical (unpaired) electrons. The minimum atomic E-state index is 0.715. The number of aromatic nitrogens is 2. The van der Waals surface area contributed by atoms with Gasteiger partial charge in [-0.1, -0.05) is 84.5 Å². The molecule has 1 heterocycles. The first-order valence-corrected chi connectivity index (χ1v) is 10.8. The van der Waals surface area contributed by atoms with E-state index in [4.69, 9.17) is 4.98 Å². The lowest BCUT2D eigenvalue weighted by atomic mass is 9.82. The zero-order valence-corrected chi connectivity index (χ0v) is 16.3. The molecule has 0 amide bonds. The van der Waals surface area contributed by atoms with E-state index in [-0.39, 0.29) is 0 Å².